The van der Waals surface area contributed by atoms with Gasteiger partial charge in [-0.1, -0.05) is 16.4 Å². The van der Waals surface area contributed by atoms with Crippen LogP contribution in [0.3, 0.4) is 0 Å². The van der Waals surface area contributed by atoms with Crippen molar-refractivity contribution in [2.75, 3.05) is 0 Å². The first-order valence-electron chi connectivity index (χ1n) is 10.4. The Labute approximate surface area is 187 Å². The summed E-state index contributed by atoms with van der Waals surface area (Å²) in [5.41, 5.74) is 5.98. The van der Waals surface area contributed by atoms with Crippen molar-refractivity contribution in [1.82, 2.24) is 34.7 Å². The third-order valence-corrected chi connectivity index (χ3v) is 5.59. The molecule has 164 valence electrons. The number of hydrogen-bond donors (Lipinski definition) is 0. The van der Waals surface area contributed by atoms with Gasteiger partial charge in [0.1, 0.15) is 35.9 Å². The summed E-state index contributed by atoms with van der Waals surface area (Å²) in [6.07, 6.45) is 2.24. The number of benzene rings is 2. The number of aromatic nitrogens is 7. The fraction of sp³-hybridized carbons (Fsp3) is 0.174. The maximum absolute atomic E-state index is 13.2. The zero-order valence-corrected chi connectivity index (χ0v) is 17.9. The molecule has 0 amide bonds. The first-order valence-corrected chi connectivity index (χ1v) is 10.4. The van der Waals surface area contributed by atoms with Crippen LogP contribution in [-0.4, -0.2) is 34.7 Å². The lowest BCUT2D eigenvalue weighted by Crippen LogP contribution is -2.06. The van der Waals surface area contributed by atoms with Crippen molar-refractivity contribution in [3.8, 4) is 28.6 Å². The van der Waals surface area contributed by atoms with Crippen LogP contribution < -0.4 is 4.74 Å². The Kier molecular flexibility index (Phi) is 4.32. The van der Waals surface area contributed by atoms with Gasteiger partial charge in [0, 0.05) is 13.3 Å². The fourth-order valence-electron chi connectivity index (χ4n) is 4.00. The van der Waals surface area contributed by atoms with E-state index in [1.165, 1.54) is 12.1 Å². The average molecular weight is 443 g/mol. The van der Waals surface area contributed by atoms with E-state index in [0.717, 1.165) is 28.3 Å². The van der Waals surface area contributed by atoms with Crippen molar-refractivity contribution < 1.29 is 13.7 Å². The zero-order chi connectivity index (χ0) is 22.5. The van der Waals surface area contributed by atoms with Crippen molar-refractivity contribution in [2.24, 2.45) is 0 Å². The van der Waals surface area contributed by atoms with E-state index in [-0.39, 0.29) is 12.4 Å². The topological polar surface area (TPSA) is 96.7 Å². The SMILES string of the molecule is Cc1ccc2c(c1)-n1nnc(COc3ccc(F)cc3)c1Cc1c(-c3noc(C)n3)ncn1-2. The number of hydrogen-bond acceptors (Lipinski definition) is 7. The summed E-state index contributed by atoms with van der Waals surface area (Å²) in [6.45, 7) is 3.96. The molecule has 0 N–H and O–H groups in total. The predicted octanol–water partition coefficient (Wildman–Crippen LogP) is 3.74. The Bertz CT molecular complexity index is 1480. The summed E-state index contributed by atoms with van der Waals surface area (Å²) in [7, 11) is 0. The minimum absolute atomic E-state index is 0.187. The molecule has 0 bridgehead atoms. The molecule has 6 rings (SSSR count). The summed E-state index contributed by atoms with van der Waals surface area (Å²) < 4.78 is 28.1. The van der Waals surface area contributed by atoms with E-state index in [0.29, 0.717) is 35.3 Å². The monoisotopic (exact) mass is 443 g/mol. The fourth-order valence-corrected chi connectivity index (χ4v) is 4.00. The molecule has 0 unspecified atom stereocenters. The van der Waals surface area contributed by atoms with Gasteiger partial charge in [-0.05, 0) is 48.9 Å². The molecule has 3 aromatic heterocycles. The summed E-state index contributed by atoms with van der Waals surface area (Å²) in [4.78, 5) is 8.96. The average Bonchev–Trinajstić information content (AvgIpc) is 3.51. The van der Waals surface area contributed by atoms with Gasteiger partial charge in [0.05, 0.1) is 22.8 Å². The first-order chi connectivity index (χ1) is 16.1. The second-order valence-electron chi connectivity index (χ2n) is 7.85. The third-order valence-electron chi connectivity index (χ3n) is 5.59. The molecule has 0 aliphatic carbocycles. The van der Waals surface area contributed by atoms with Gasteiger partial charge in [0.2, 0.25) is 11.7 Å². The van der Waals surface area contributed by atoms with Crippen molar-refractivity contribution >= 4 is 0 Å². The van der Waals surface area contributed by atoms with Crippen molar-refractivity contribution in [2.45, 2.75) is 26.9 Å². The van der Waals surface area contributed by atoms with Gasteiger partial charge in [-0.15, -0.1) is 5.10 Å². The molecular formula is C23H18FN7O2. The number of ether oxygens (including phenoxy) is 1. The number of halogens is 1. The highest BCUT2D eigenvalue weighted by molar-refractivity contribution is 5.62. The zero-order valence-electron chi connectivity index (χ0n) is 17.9. The van der Waals surface area contributed by atoms with E-state index in [4.69, 9.17) is 9.26 Å². The van der Waals surface area contributed by atoms with Crippen LogP contribution in [0.2, 0.25) is 0 Å². The molecule has 5 aromatic rings. The minimum Gasteiger partial charge on any atom is -0.487 e. The molecule has 0 saturated heterocycles. The third kappa shape index (κ3) is 3.27. The van der Waals surface area contributed by atoms with Gasteiger partial charge in [0.15, 0.2) is 0 Å². The molecule has 0 spiro atoms. The number of fused-ring (bicyclic) bond motifs is 5. The van der Waals surface area contributed by atoms with Crippen LogP contribution >= 0.6 is 0 Å². The summed E-state index contributed by atoms with van der Waals surface area (Å²) in [5.74, 6) is 1.14. The molecule has 0 radical (unpaired) electrons. The Morgan fingerprint density at radius 3 is 2.70 bits per heavy atom. The lowest BCUT2D eigenvalue weighted by molar-refractivity contribution is 0.299. The van der Waals surface area contributed by atoms with Crippen molar-refractivity contribution in [1.29, 1.82) is 0 Å². The van der Waals surface area contributed by atoms with Gasteiger partial charge in [-0.3, -0.25) is 4.57 Å². The van der Waals surface area contributed by atoms with E-state index < -0.39 is 0 Å². The quantitative estimate of drug-likeness (QED) is 0.409. The smallest absolute Gasteiger partial charge is 0.223 e. The molecule has 0 saturated carbocycles. The number of nitrogens with zero attached hydrogens (tertiary/aromatic N) is 7. The summed E-state index contributed by atoms with van der Waals surface area (Å²) in [5, 5.41) is 12.9. The second kappa shape index (κ2) is 7.37. The van der Waals surface area contributed by atoms with Gasteiger partial charge in [-0.2, -0.15) is 4.98 Å². The second-order valence-corrected chi connectivity index (χ2v) is 7.85. The molecule has 0 atom stereocenters. The first kappa shape index (κ1) is 19.4. The number of rotatable bonds is 4. The van der Waals surface area contributed by atoms with Crippen molar-refractivity contribution in [3.05, 3.63) is 83.1 Å². The molecular weight excluding hydrogens is 425 g/mol. The van der Waals surface area contributed by atoms with Crippen LogP contribution in [0.25, 0.3) is 22.9 Å². The largest absolute Gasteiger partial charge is 0.487 e. The number of aryl methyl sites for hydroxylation is 2. The molecule has 4 heterocycles. The highest BCUT2D eigenvalue weighted by Gasteiger charge is 2.28. The Morgan fingerprint density at radius 1 is 1.06 bits per heavy atom. The molecule has 2 aromatic carbocycles. The van der Waals surface area contributed by atoms with Gasteiger partial charge in [-0.25, -0.2) is 14.1 Å². The van der Waals surface area contributed by atoms with E-state index in [1.54, 1.807) is 25.4 Å². The van der Waals surface area contributed by atoms with Crippen LogP contribution in [0, 0.1) is 19.7 Å². The molecule has 1 aliphatic rings. The molecule has 10 heteroatoms. The Morgan fingerprint density at radius 2 is 1.91 bits per heavy atom. The van der Waals surface area contributed by atoms with E-state index in [9.17, 15) is 4.39 Å². The highest BCUT2D eigenvalue weighted by Crippen LogP contribution is 2.33. The minimum atomic E-state index is -0.315. The van der Waals surface area contributed by atoms with Crippen LogP contribution in [0.4, 0.5) is 4.39 Å². The standard InChI is InChI=1S/C23H18FN7O2/c1-13-3-8-18-20(9-13)31-19(17(27-29-31)11-32-16-6-4-15(24)5-7-16)10-21-22(25-12-30(18)21)23-26-14(2)33-28-23/h3-9,12H,10-11H2,1-2H3. The number of imidazole rings is 1. The lowest BCUT2D eigenvalue weighted by Gasteiger charge is -2.10. The van der Waals surface area contributed by atoms with Crippen LogP contribution in [0.1, 0.15) is 28.5 Å². The van der Waals surface area contributed by atoms with Gasteiger partial charge in [0.25, 0.3) is 0 Å². The molecule has 0 fully saturated rings. The summed E-state index contributed by atoms with van der Waals surface area (Å²) in [6, 6.07) is 12.0. The van der Waals surface area contributed by atoms with Crippen molar-refractivity contribution in [3.63, 3.8) is 0 Å². The van der Waals surface area contributed by atoms with Crippen LogP contribution in [-0.2, 0) is 13.0 Å². The van der Waals surface area contributed by atoms with E-state index in [2.05, 4.69) is 31.5 Å². The van der Waals surface area contributed by atoms with Crippen LogP contribution in [0.15, 0.2) is 53.3 Å². The van der Waals surface area contributed by atoms with E-state index >= 15 is 0 Å². The molecule has 33 heavy (non-hydrogen) atoms. The Hall–Kier alpha value is -4.34. The van der Waals surface area contributed by atoms with Crippen LogP contribution in [0.5, 0.6) is 5.75 Å². The van der Waals surface area contributed by atoms with Gasteiger partial charge < -0.3 is 9.26 Å². The Balaban J connectivity index is 1.47. The lowest BCUT2D eigenvalue weighted by atomic mass is 10.1. The maximum Gasteiger partial charge on any atom is 0.223 e. The predicted molar refractivity (Wildman–Crippen MR) is 115 cm³/mol. The van der Waals surface area contributed by atoms with E-state index in [1.807, 2.05) is 28.3 Å². The normalized spacial score (nSPS) is 12.1. The highest BCUT2D eigenvalue weighted by atomic mass is 19.1. The molecule has 1 aliphatic heterocycles. The summed E-state index contributed by atoms with van der Waals surface area (Å²) >= 11 is 0. The van der Waals surface area contributed by atoms with Gasteiger partial charge >= 0.3 is 0 Å². The maximum atomic E-state index is 13.2. The molecule has 9 nitrogen and oxygen atoms in total.